The van der Waals surface area contributed by atoms with E-state index in [0.29, 0.717) is 0 Å². The van der Waals surface area contributed by atoms with Gasteiger partial charge in [0.05, 0.1) is 0 Å². The molecule has 0 radical (unpaired) electrons. The highest BCUT2D eigenvalue weighted by molar-refractivity contribution is 4.66. The molecule has 0 aliphatic heterocycles. The molecule has 0 fully saturated rings. The molecular weight excluding hydrogens is 146 g/mol. The summed E-state index contributed by atoms with van der Waals surface area (Å²) in [5.74, 6) is 1.77. The molecular formula is C11H25N. The van der Waals surface area contributed by atoms with Crippen LogP contribution in [0.2, 0.25) is 0 Å². The van der Waals surface area contributed by atoms with Crippen molar-refractivity contribution >= 4 is 0 Å². The van der Waals surface area contributed by atoms with Crippen molar-refractivity contribution in [1.82, 2.24) is 4.90 Å². The third-order valence-corrected chi connectivity index (χ3v) is 3.06. The summed E-state index contributed by atoms with van der Waals surface area (Å²) in [5.41, 5.74) is 0. The third-order valence-electron chi connectivity index (χ3n) is 3.06. The van der Waals surface area contributed by atoms with Crippen molar-refractivity contribution < 1.29 is 0 Å². The molecule has 0 aliphatic carbocycles. The molecule has 1 unspecified atom stereocenters. The van der Waals surface area contributed by atoms with E-state index in [0.717, 1.165) is 11.8 Å². The van der Waals surface area contributed by atoms with Crippen molar-refractivity contribution in [2.24, 2.45) is 11.8 Å². The maximum absolute atomic E-state index is 2.42. The summed E-state index contributed by atoms with van der Waals surface area (Å²) in [5, 5.41) is 0. The van der Waals surface area contributed by atoms with E-state index in [4.69, 9.17) is 0 Å². The molecule has 2 atom stereocenters. The molecule has 1 nitrogen and oxygen atoms in total. The summed E-state index contributed by atoms with van der Waals surface area (Å²) in [6.07, 6.45) is 2.63. The van der Waals surface area contributed by atoms with Gasteiger partial charge in [0.25, 0.3) is 0 Å². The number of hydrogen-bond acceptors (Lipinski definition) is 1. The molecule has 0 aromatic heterocycles. The minimum absolute atomic E-state index is 0.879. The van der Waals surface area contributed by atoms with Crippen LogP contribution in [0.3, 0.4) is 0 Å². The Labute approximate surface area is 78.1 Å². The van der Waals surface area contributed by atoms with Crippen molar-refractivity contribution in [3.05, 3.63) is 0 Å². The lowest BCUT2D eigenvalue weighted by Crippen LogP contribution is -2.28. The molecule has 1 heteroatoms. The van der Waals surface area contributed by atoms with Gasteiger partial charge in [0.15, 0.2) is 0 Å². The zero-order chi connectivity index (χ0) is 9.56. The summed E-state index contributed by atoms with van der Waals surface area (Å²) in [6.45, 7) is 11.6. The van der Waals surface area contributed by atoms with Gasteiger partial charge >= 0.3 is 0 Å². The van der Waals surface area contributed by atoms with Gasteiger partial charge in [0.1, 0.15) is 0 Å². The van der Waals surface area contributed by atoms with E-state index in [1.807, 2.05) is 0 Å². The van der Waals surface area contributed by atoms with E-state index in [1.165, 1.54) is 25.9 Å². The second-order valence-electron chi connectivity index (χ2n) is 3.91. The van der Waals surface area contributed by atoms with Crippen molar-refractivity contribution in [1.29, 1.82) is 0 Å². The topological polar surface area (TPSA) is 3.24 Å². The number of nitrogens with zero attached hydrogens (tertiary/aromatic N) is 1. The van der Waals surface area contributed by atoms with Gasteiger partial charge in [0, 0.05) is 6.54 Å². The molecule has 0 aliphatic rings. The van der Waals surface area contributed by atoms with E-state index in [9.17, 15) is 0 Å². The zero-order valence-corrected chi connectivity index (χ0v) is 9.43. The van der Waals surface area contributed by atoms with Crippen LogP contribution in [-0.2, 0) is 0 Å². The lowest BCUT2D eigenvalue weighted by Gasteiger charge is -2.26. The maximum atomic E-state index is 2.42. The van der Waals surface area contributed by atoms with Gasteiger partial charge in [-0.05, 0) is 25.4 Å². The Kier molecular flexibility index (Phi) is 6.45. The first-order valence-corrected chi connectivity index (χ1v) is 5.34. The summed E-state index contributed by atoms with van der Waals surface area (Å²) in [4.78, 5) is 2.42. The highest BCUT2D eigenvalue weighted by Gasteiger charge is 2.14. The fourth-order valence-electron chi connectivity index (χ4n) is 1.57. The molecule has 0 heterocycles. The van der Waals surface area contributed by atoms with Crippen LogP contribution in [0.15, 0.2) is 0 Å². The van der Waals surface area contributed by atoms with Crippen LogP contribution in [0.1, 0.15) is 40.5 Å². The van der Waals surface area contributed by atoms with Crippen LogP contribution in [0.4, 0.5) is 0 Å². The zero-order valence-electron chi connectivity index (χ0n) is 9.43. The minimum Gasteiger partial charge on any atom is -0.306 e. The Morgan fingerprint density at radius 3 is 2.00 bits per heavy atom. The maximum Gasteiger partial charge on any atom is 0.000893 e. The van der Waals surface area contributed by atoms with E-state index in [-0.39, 0.29) is 0 Å². The summed E-state index contributed by atoms with van der Waals surface area (Å²) in [7, 11) is 2.21. The quantitative estimate of drug-likeness (QED) is 0.594. The standard InChI is InChI=1S/C11H25N/c1-6-10(4)11(7-2)9-12(5)8-3/h10-11H,6-9H2,1-5H3/t10?,11-/m1/s1. The smallest absolute Gasteiger partial charge is 0.000893 e. The fraction of sp³-hybridized carbons (Fsp3) is 1.00. The first-order chi connectivity index (χ1) is 5.65. The third kappa shape index (κ3) is 4.10. The lowest BCUT2D eigenvalue weighted by atomic mass is 9.89. The first-order valence-electron chi connectivity index (χ1n) is 5.34. The fourth-order valence-corrected chi connectivity index (χ4v) is 1.57. The van der Waals surface area contributed by atoms with Gasteiger partial charge in [-0.1, -0.05) is 40.5 Å². The van der Waals surface area contributed by atoms with Gasteiger partial charge in [-0.2, -0.15) is 0 Å². The Bertz CT molecular complexity index is 101. The van der Waals surface area contributed by atoms with Crippen molar-refractivity contribution in [3.63, 3.8) is 0 Å². The molecule has 0 N–H and O–H groups in total. The SMILES string of the molecule is CCC(C)[C@H](CC)CN(C)CC. The highest BCUT2D eigenvalue weighted by Crippen LogP contribution is 2.19. The van der Waals surface area contributed by atoms with E-state index < -0.39 is 0 Å². The van der Waals surface area contributed by atoms with Crippen LogP contribution in [0.25, 0.3) is 0 Å². The molecule has 0 spiro atoms. The summed E-state index contributed by atoms with van der Waals surface area (Å²) < 4.78 is 0. The number of hydrogen-bond donors (Lipinski definition) is 0. The highest BCUT2D eigenvalue weighted by atomic mass is 15.1. The largest absolute Gasteiger partial charge is 0.306 e. The van der Waals surface area contributed by atoms with Crippen LogP contribution < -0.4 is 0 Å². The van der Waals surface area contributed by atoms with E-state index >= 15 is 0 Å². The average molecular weight is 171 g/mol. The van der Waals surface area contributed by atoms with Crippen molar-refractivity contribution in [3.8, 4) is 0 Å². The molecule has 74 valence electrons. The summed E-state index contributed by atoms with van der Waals surface area (Å²) in [6, 6.07) is 0. The van der Waals surface area contributed by atoms with Crippen LogP contribution in [0.5, 0.6) is 0 Å². The van der Waals surface area contributed by atoms with Crippen LogP contribution in [0, 0.1) is 11.8 Å². The molecule has 0 aromatic rings. The lowest BCUT2D eigenvalue weighted by molar-refractivity contribution is 0.226. The van der Waals surface area contributed by atoms with Gasteiger partial charge in [-0.3, -0.25) is 0 Å². The van der Waals surface area contributed by atoms with Crippen LogP contribution in [-0.4, -0.2) is 25.0 Å². The first kappa shape index (κ1) is 12.0. The Morgan fingerprint density at radius 2 is 1.67 bits per heavy atom. The Hall–Kier alpha value is -0.0400. The predicted octanol–water partition coefficient (Wildman–Crippen LogP) is 3.01. The molecule has 0 saturated heterocycles. The summed E-state index contributed by atoms with van der Waals surface area (Å²) >= 11 is 0. The van der Waals surface area contributed by atoms with Gasteiger partial charge in [-0.15, -0.1) is 0 Å². The van der Waals surface area contributed by atoms with Crippen LogP contribution >= 0.6 is 0 Å². The molecule has 0 amide bonds. The molecule has 0 rings (SSSR count). The normalized spacial score (nSPS) is 16.5. The Balaban J connectivity index is 3.81. The Morgan fingerprint density at radius 1 is 1.08 bits per heavy atom. The predicted molar refractivity (Wildman–Crippen MR) is 56.4 cm³/mol. The van der Waals surface area contributed by atoms with E-state index in [2.05, 4.69) is 39.6 Å². The van der Waals surface area contributed by atoms with Crippen molar-refractivity contribution in [2.75, 3.05) is 20.1 Å². The second kappa shape index (κ2) is 6.47. The number of rotatable bonds is 6. The average Bonchev–Trinajstić information content (AvgIpc) is 2.12. The van der Waals surface area contributed by atoms with Gasteiger partial charge in [0.2, 0.25) is 0 Å². The second-order valence-corrected chi connectivity index (χ2v) is 3.91. The molecule has 12 heavy (non-hydrogen) atoms. The molecule has 0 saturated carbocycles. The van der Waals surface area contributed by atoms with E-state index in [1.54, 1.807) is 0 Å². The van der Waals surface area contributed by atoms with Gasteiger partial charge in [-0.25, -0.2) is 0 Å². The molecule has 0 aromatic carbocycles. The molecule has 0 bridgehead atoms. The monoisotopic (exact) mass is 171 g/mol. The minimum atomic E-state index is 0.879. The van der Waals surface area contributed by atoms with Crippen molar-refractivity contribution in [2.45, 2.75) is 40.5 Å². The van der Waals surface area contributed by atoms with Gasteiger partial charge < -0.3 is 4.90 Å².